The summed E-state index contributed by atoms with van der Waals surface area (Å²) in [5, 5.41) is 12.9. The van der Waals surface area contributed by atoms with Crippen LogP contribution in [0.15, 0.2) is 0 Å². The number of hydrogen-bond acceptors (Lipinski definition) is 3. The van der Waals surface area contributed by atoms with Crippen LogP contribution in [-0.4, -0.2) is 47.8 Å². The summed E-state index contributed by atoms with van der Waals surface area (Å²) in [5.41, 5.74) is 0.460. The van der Waals surface area contributed by atoms with E-state index in [0.29, 0.717) is 11.5 Å². The monoisotopic (exact) mass is 272 g/mol. The number of aliphatic hydroxyl groups is 1. The van der Waals surface area contributed by atoms with Crippen molar-refractivity contribution in [2.24, 2.45) is 5.41 Å². The van der Waals surface area contributed by atoms with Crippen LogP contribution in [0.1, 0.15) is 61.3 Å². The van der Waals surface area contributed by atoms with Gasteiger partial charge in [0.2, 0.25) is 0 Å². The number of nitrogens with one attached hydrogen (secondary N) is 1. The lowest BCUT2D eigenvalue weighted by molar-refractivity contribution is 0.0862. The van der Waals surface area contributed by atoms with E-state index in [0.717, 1.165) is 19.6 Å². The Morgan fingerprint density at radius 1 is 1.11 bits per heavy atom. The molecule has 0 aromatic rings. The Labute approximate surface area is 120 Å². The third-order valence-electron chi connectivity index (χ3n) is 4.15. The zero-order valence-corrected chi connectivity index (χ0v) is 14.2. The second-order valence-electron chi connectivity index (χ2n) is 7.10. The first kappa shape index (κ1) is 18.9. The lowest BCUT2D eigenvalue weighted by Crippen LogP contribution is -2.50. The van der Waals surface area contributed by atoms with Gasteiger partial charge < -0.3 is 10.4 Å². The molecule has 0 unspecified atom stereocenters. The number of rotatable bonds is 9. The molecule has 19 heavy (non-hydrogen) atoms. The fourth-order valence-electron chi connectivity index (χ4n) is 2.31. The second-order valence-corrected chi connectivity index (χ2v) is 7.10. The standard InChI is InChI=1S/C16H36N2O/c1-8-16(9-2,12-17-15(5,6)7)13-18(10-11-19)14(3)4/h14,17,19H,8-13H2,1-7H3. The Kier molecular flexibility index (Phi) is 8.18. The van der Waals surface area contributed by atoms with Crippen molar-refractivity contribution in [2.75, 3.05) is 26.2 Å². The number of hydrogen-bond donors (Lipinski definition) is 2. The van der Waals surface area contributed by atoms with Crippen molar-refractivity contribution < 1.29 is 5.11 Å². The van der Waals surface area contributed by atoms with Crippen LogP contribution in [0.25, 0.3) is 0 Å². The van der Waals surface area contributed by atoms with Gasteiger partial charge in [0.1, 0.15) is 0 Å². The summed E-state index contributed by atoms with van der Waals surface area (Å²) in [7, 11) is 0. The smallest absolute Gasteiger partial charge is 0.0558 e. The van der Waals surface area contributed by atoms with Gasteiger partial charge in [0.05, 0.1) is 6.61 Å². The topological polar surface area (TPSA) is 35.5 Å². The molecule has 0 rings (SSSR count). The molecule has 0 amide bonds. The molecule has 0 heterocycles. The highest BCUT2D eigenvalue weighted by Crippen LogP contribution is 2.28. The molecular weight excluding hydrogens is 236 g/mol. The SMILES string of the molecule is CCC(CC)(CNC(C)(C)C)CN(CCO)C(C)C. The van der Waals surface area contributed by atoms with E-state index in [1.54, 1.807) is 0 Å². The van der Waals surface area contributed by atoms with Gasteiger partial charge in [-0.2, -0.15) is 0 Å². The van der Waals surface area contributed by atoms with Crippen LogP contribution in [0.4, 0.5) is 0 Å². The van der Waals surface area contributed by atoms with Crippen LogP contribution in [-0.2, 0) is 0 Å². The van der Waals surface area contributed by atoms with Crippen molar-refractivity contribution in [1.29, 1.82) is 0 Å². The zero-order chi connectivity index (χ0) is 15.1. The molecule has 0 atom stereocenters. The molecular formula is C16H36N2O. The lowest BCUT2D eigenvalue weighted by Gasteiger charge is -2.41. The van der Waals surface area contributed by atoms with Crippen molar-refractivity contribution in [3.63, 3.8) is 0 Å². The molecule has 0 saturated carbocycles. The molecule has 0 radical (unpaired) electrons. The third kappa shape index (κ3) is 7.28. The van der Waals surface area contributed by atoms with Gasteiger partial charge in [-0.1, -0.05) is 13.8 Å². The molecule has 0 aliphatic carbocycles. The van der Waals surface area contributed by atoms with Gasteiger partial charge in [0.15, 0.2) is 0 Å². The predicted molar refractivity (Wildman–Crippen MR) is 84.6 cm³/mol. The zero-order valence-electron chi connectivity index (χ0n) is 14.2. The Morgan fingerprint density at radius 3 is 1.95 bits per heavy atom. The summed E-state index contributed by atoms with van der Waals surface area (Å²) < 4.78 is 0. The molecule has 0 spiro atoms. The Hall–Kier alpha value is -0.120. The Bertz CT molecular complexity index is 229. The Morgan fingerprint density at radius 2 is 1.63 bits per heavy atom. The van der Waals surface area contributed by atoms with E-state index in [-0.39, 0.29) is 12.1 Å². The summed E-state index contributed by atoms with van der Waals surface area (Å²) in [6.07, 6.45) is 2.34. The van der Waals surface area contributed by atoms with E-state index in [9.17, 15) is 5.11 Å². The van der Waals surface area contributed by atoms with Gasteiger partial charge in [-0.3, -0.25) is 4.90 Å². The van der Waals surface area contributed by atoms with E-state index in [1.807, 2.05) is 0 Å². The van der Waals surface area contributed by atoms with Crippen LogP contribution in [0.2, 0.25) is 0 Å². The summed E-state index contributed by atoms with van der Waals surface area (Å²) in [6.45, 7) is 18.8. The minimum atomic E-state index is 0.162. The summed E-state index contributed by atoms with van der Waals surface area (Å²) in [6, 6.07) is 0.485. The fourth-order valence-corrected chi connectivity index (χ4v) is 2.31. The van der Waals surface area contributed by atoms with Crippen LogP contribution in [0.3, 0.4) is 0 Å². The number of nitrogens with zero attached hydrogens (tertiary/aromatic N) is 1. The molecule has 0 aromatic heterocycles. The van der Waals surface area contributed by atoms with Gasteiger partial charge in [-0.05, 0) is 52.9 Å². The molecule has 3 nitrogen and oxygen atoms in total. The van der Waals surface area contributed by atoms with Gasteiger partial charge >= 0.3 is 0 Å². The normalized spacial score (nSPS) is 13.6. The van der Waals surface area contributed by atoms with Crippen molar-refractivity contribution >= 4 is 0 Å². The highest BCUT2D eigenvalue weighted by molar-refractivity contribution is 4.86. The average Bonchev–Trinajstić information content (AvgIpc) is 2.32. The van der Waals surface area contributed by atoms with Crippen molar-refractivity contribution in [3.05, 3.63) is 0 Å². The highest BCUT2D eigenvalue weighted by atomic mass is 16.3. The van der Waals surface area contributed by atoms with Gasteiger partial charge in [0.25, 0.3) is 0 Å². The van der Waals surface area contributed by atoms with E-state index >= 15 is 0 Å². The minimum absolute atomic E-state index is 0.162. The summed E-state index contributed by atoms with van der Waals surface area (Å²) >= 11 is 0. The second kappa shape index (κ2) is 8.23. The summed E-state index contributed by atoms with van der Waals surface area (Å²) in [4.78, 5) is 2.40. The van der Waals surface area contributed by atoms with Crippen LogP contribution < -0.4 is 5.32 Å². The minimum Gasteiger partial charge on any atom is -0.395 e. The molecule has 116 valence electrons. The van der Waals surface area contributed by atoms with Gasteiger partial charge in [-0.15, -0.1) is 0 Å². The van der Waals surface area contributed by atoms with Crippen LogP contribution in [0.5, 0.6) is 0 Å². The maximum Gasteiger partial charge on any atom is 0.0558 e. The van der Waals surface area contributed by atoms with E-state index in [2.05, 4.69) is 58.7 Å². The summed E-state index contributed by atoms with van der Waals surface area (Å²) in [5.74, 6) is 0. The fraction of sp³-hybridized carbons (Fsp3) is 1.00. The molecule has 2 N–H and O–H groups in total. The maximum atomic E-state index is 9.23. The Balaban J connectivity index is 4.75. The largest absolute Gasteiger partial charge is 0.395 e. The van der Waals surface area contributed by atoms with Crippen molar-refractivity contribution in [3.8, 4) is 0 Å². The molecule has 0 aliphatic heterocycles. The quantitative estimate of drug-likeness (QED) is 0.677. The lowest BCUT2D eigenvalue weighted by atomic mass is 9.80. The first-order chi connectivity index (χ1) is 8.69. The third-order valence-corrected chi connectivity index (χ3v) is 4.15. The maximum absolute atomic E-state index is 9.23. The van der Waals surface area contributed by atoms with E-state index in [4.69, 9.17) is 0 Å². The van der Waals surface area contributed by atoms with Crippen molar-refractivity contribution in [2.45, 2.75) is 72.9 Å². The molecule has 0 aliphatic rings. The van der Waals surface area contributed by atoms with Crippen LogP contribution >= 0.6 is 0 Å². The van der Waals surface area contributed by atoms with Gasteiger partial charge in [-0.25, -0.2) is 0 Å². The predicted octanol–water partition coefficient (Wildman–Crippen LogP) is 2.88. The van der Waals surface area contributed by atoms with E-state index in [1.165, 1.54) is 12.8 Å². The number of aliphatic hydroxyl groups excluding tert-OH is 1. The molecule has 0 saturated heterocycles. The van der Waals surface area contributed by atoms with E-state index < -0.39 is 0 Å². The van der Waals surface area contributed by atoms with Gasteiger partial charge in [0, 0.05) is 31.2 Å². The average molecular weight is 272 g/mol. The van der Waals surface area contributed by atoms with Crippen LogP contribution in [0, 0.1) is 5.41 Å². The first-order valence-electron chi connectivity index (χ1n) is 7.79. The molecule has 0 bridgehead atoms. The molecule has 0 fully saturated rings. The van der Waals surface area contributed by atoms with Crippen molar-refractivity contribution in [1.82, 2.24) is 10.2 Å². The molecule has 3 heteroatoms. The first-order valence-corrected chi connectivity index (χ1v) is 7.79. The highest BCUT2D eigenvalue weighted by Gasteiger charge is 2.30. The molecule has 0 aromatic carbocycles.